The van der Waals surface area contributed by atoms with Gasteiger partial charge in [0.25, 0.3) is 0 Å². The first kappa shape index (κ1) is 17.0. The highest BCUT2D eigenvalue weighted by Gasteiger charge is 2.42. The maximum atomic E-state index is 12.7. The Bertz CT molecular complexity index is 453. The molecule has 1 heterocycles. The standard InChI is InChI=1S/C13H23F3N2O2S/c1-21(19,20)18-6-5-10(9-18)8-17-12-4-2-3-11(7-12)13(14,15)16/h10-12,17H,2-9H2,1H3/t10-,11-,12-/m1/s1. The van der Waals surface area contributed by atoms with E-state index in [2.05, 4.69) is 5.32 Å². The first-order valence-electron chi connectivity index (χ1n) is 7.41. The van der Waals surface area contributed by atoms with Crippen LogP contribution in [0.25, 0.3) is 0 Å². The van der Waals surface area contributed by atoms with E-state index in [1.54, 1.807) is 0 Å². The highest BCUT2D eigenvalue weighted by atomic mass is 32.2. The number of nitrogens with zero attached hydrogens (tertiary/aromatic N) is 1. The van der Waals surface area contributed by atoms with E-state index in [0.29, 0.717) is 26.1 Å². The lowest BCUT2D eigenvalue weighted by atomic mass is 9.85. The monoisotopic (exact) mass is 328 g/mol. The van der Waals surface area contributed by atoms with E-state index in [9.17, 15) is 21.6 Å². The molecule has 8 heteroatoms. The van der Waals surface area contributed by atoms with Crippen LogP contribution in [0, 0.1) is 11.8 Å². The summed E-state index contributed by atoms with van der Waals surface area (Å²) in [7, 11) is -3.15. The SMILES string of the molecule is CS(=O)(=O)N1CC[C@H](CN[C@@H]2CCC[C@@H](C(F)(F)F)C2)C1. The predicted octanol–water partition coefficient (Wildman–Crippen LogP) is 1.98. The molecule has 2 fully saturated rings. The van der Waals surface area contributed by atoms with Crippen molar-refractivity contribution in [2.45, 2.75) is 44.3 Å². The summed E-state index contributed by atoms with van der Waals surface area (Å²) in [6.07, 6.45) is -0.385. The highest BCUT2D eigenvalue weighted by molar-refractivity contribution is 7.88. The van der Waals surface area contributed by atoms with Gasteiger partial charge in [0.05, 0.1) is 12.2 Å². The summed E-state index contributed by atoms with van der Waals surface area (Å²) in [5.74, 6) is -0.995. The van der Waals surface area contributed by atoms with E-state index < -0.39 is 22.1 Å². The molecule has 21 heavy (non-hydrogen) atoms. The average Bonchev–Trinajstić information content (AvgIpc) is 2.84. The quantitative estimate of drug-likeness (QED) is 0.858. The first-order chi connectivity index (χ1) is 9.66. The molecule has 2 rings (SSSR count). The zero-order valence-corrected chi connectivity index (χ0v) is 13.0. The van der Waals surface area contributed by atoms with Crippen LogP contribution >= 0.6 is 0 Å². The molecule has 0 aromatic rings. The van der Waals surface area contributed by atoms with Gasteiger partial charge in [-0.15, -0.1) is 0 Å². The van der Waals surface area contributed by atoms with Gasteiger partial charge in [0, 0.05) is 19.1 Å². The topological polar surface area (TPSA) is 49.4 Å². The Balaban J connectivity index is 1.76. The molecule has 0 aromatic heterocycles. The van der Waals surface area contributed by atoms with Gasteiger partial charge in [-0.25, -0.2) is 12.7 Å². The Labute approximate surface area is 124 Å². The molecule has 0 amide bonds. The van der Waals surface area contributed by atoms with Gasteiger partial charge in [-0.3, -0.25) is 0 Å². The van der Waals surface area contributed by atoms with Crippen LogP contribution in [-0.2, 0) is 10.0 Å². The average molecular weight is 328 g/mol. The summed E-state index contributed by atoms with van der Waals surface area (Å²) in [4.78, 5) is 0. The van der Waals surface area contributed by atoms with Crippen LogP contribution < -0.4 is 5.32 Å². The third-order valence-corrected chi connectivity index (χ3v) is 5.82. The lowest BCUT2D eigenvalue weighted by Crippen LogP contribution is -2.41. The Kier molecular flexibility index (Phi) is 5.20. The molecule has 0 unspecified atom stereocenters. The van der Waals surface area contributed by atoms with Crippen molar-refractivity contribution in [1.29, 1.82) is 0 Å². The zero-order chi connectivity index (χ0) is 15.7. The number of rotatable bonds is 4. The van der Waals surface area contributed by atoms with Gasteiger partial charge < -0.3 is 5.32 Å². The predicted molar refractivity (Wildman–Crippen MR) is 74.3 cm³/mol. The summed E-state index contributed by atoms with van der Waals surface area (Å²) in [6, 6.07) is -0.0994. The van der Waals surface area contributed by atoms with Gasteiger partial charge in [-0.2, -0.15) is 13.2 Å². The van der Waals surface area contributed by atoms with Gasteiger partial charge in [-0.05, 0) is 38.1 Å². The molecule has 124 valence electrons. The molecule has 2 aliphatic rings. The summed E-state index contributed by atoms with van der Waals surface area (Å²) in [5.41, 5.74) is 0. The van der Waals surface area contributed by atoms with Crippen molar-refractivity contribution in [3.8, 4) is 0 Å². The van der Waals surface area contributed by atoms with Gasteiger partial charge in [-0.1, -0.05) is 6.42 Å². The van der Waals surface area contributed by atoms with Crippen molar-refractivity contribution >= 4 is 10.0 Å². The number of hydrogen-bond donors (Lipinski definition) is 1. The molecule has 1 saturated heterocycles. The number of hydrogen-bond acceptors (Lipinski definition) is 3. The van der Waals surface area contributed by atoms with E-state index in [0.717, 1.165) is 12.8 Å². The molecule has 0 aromatic carbocycles. The first-order valence-corrected chi connectivity index (χ1v) is 9.26. The van der Waals surface area contributed by atoms with Crippen molar-refractivity contribution in [1.82, 2.24) is 9.62 Å². The summed E-state index contributed by atoms with van der Waals surface area (Å²) < 4.78 is 62.5. The largest absolute Gasteiger partial charge is 0.391 e. The molecule has 1 aliphatic heterocycles. The molecule has 0 spiro atoms. The van der Waals surface area contributed by atoms with Crippen LogP contribution in [0.1, 0.15) is 32.1 Å². The third-order valence-electron chi connectivity index (χ3n) is 4.55. The van der Waals surface area contributed by atoms with E-state index in [-0.39, 0.29) is 24.8 Å². The molecule has 1 saturated carbocycles. The second-order valence-corrected chi connectivity index (χ2v) is 8.27. The summed E-state index contributed by atoms with van der Waals surface area (Å²) in [6.45, 7) is 1.59. The van der Waals surface area contributed by atoms with E-state index in [4.69, 9.17) is 0 Å². The lowest BCUT2D eigenvalue weighted by molar-refractivity contribution is -0.183. The van der Waals surface area contributed by atoms with Crippen LogP contribution in [0.2, 0.25) is 0 Å². The third kappa shape index (κ3) is 4.82. The summed E-state index contributed by atoms with van der Waals surface area (Å²) in [5, 5.41) is 3.22. The second kappa shape index (κ2) is 6.42. The van der Waals surface area contributed by atoms with Crippen LogP contribution in [0.15, 0.2) is 0 Å². The second-order valence-electron chi connectivity index (χ2n) is 6.29. The fourth-order valence-electron chi connectivity index (χ4n) is 3.27. The number of halogens is 3. The fraction of sp³-hybridized carbons (Fsp3) is 1.00. The molecule has 1 N–H and O–H groups in total. The van der Waals surface area contributed by atoms with Crippen LogP contribution in [-0.4, -0.2) is 50.8 Å². The maximum absolute atomic E-state index is 12.7. The number of alkyl halides is 3. The fourth-order valence-corrected chi connectivity index (χ4v) is 4.19. The Morgan fingerprint density at radius 1 is 1.24 bits per heavy atom. The van der Waals surface area contributed by atoms with Crippen molar-refractivity contribution in [3.63, 3.8) is 0 Å². The van der Waals surface area contributed by atoms with E-state index in [1.165, 1.54) is 10.6 Å². The molecular formula is C13H23F3N2O2S. The van der Waals surface area contributed by atoms with Gasteiger partial charge in [0.1, 0.15) is 0 Å². The Hall–Kier alpha value is -0.340. The minimum Gasteiger partial charge on any atom is -0.314 e. The van der Waals surface area contributed by atoms with E-state index in [1.807, 2.05) is 0 Å². The highest BCUT2D eigenvalue weighted by Crippen LogP contribution is 2.37. The normalized spacial score (nSPS) is 32.5. The Morgan fingerprint density at radius 2 is 1.95 bits per heavy atom. The van der Waals surface area contributed by atoms with Crippen LogP contribution in [0.3, 0.4) is 0 Å². The summed E-state index contributed by atoms with van der Waals surface area (Å²) >= 11 is 0. The van der Waals surface area contributed by atoms with Crippen LogP contribution in [0.4, 0.5) is 13.2 Å². The van der Waals surface area contributed by atoms with Crippen molar-refractivity contribution in [2.75, 3.05) is 25.9 Å². The molecule has 4 nitrogen and oxygen atoms in total. The Morgan fingerprint density at radius 3 is 2.52 bits per heavy atom. The maximum Gasteiger partial charge on any atom is 0.391 e. The van der Waals surface area contributed by atoms with E-state index >= 15 is 0 Å². The lowest BCUT2D eigenvalue weighted by Gasteiger charge is -2.31. The van der Waals surface area contributed by atoms with Crippen molar-refractivity contribution < 1.29 is 21.6 Å². The molecule has 3 atom stereocenters. The van der Waals surface area contributed by atoms with Crippen LogP contribution in [0.5, 0.6) is 0 Å². The molecule has 0 radical (unpaired) electrons. The smallest absolute Gasteiger partial charge is 0.314 e. The van der Waals surface area contributed by atoms with Gasteiger partial charge in [0.15, 0.2) is 0 Å². The minimum absolute atomic E-state index is 0.0994. The van der Waals surface area contributed by atoms with Gasteiger partial charge >= 0.3 is 6.18 Å². The number of sulfonamides is 1. The zero-order valence-electron chi connectivity index (χ0n) is 12.2. The van der Waals surface area contributed by atoms with Crippen molar-refractivity contribution in [3.05, 3.63) is 0 Å². The molecule has 0 bridgehead atoms. The van der Waals surface area contributed by atoms with Gasteiger partial charge in [0.2, 0.25) is 10.0 Å². The van der Waals surface area contributed by atoms with Crippen molar-refractivity contribution in [2.24, 2.45) is 11.8 Å². The number of nitrogens with one attached hydrogen (secondary N) is 1. The minimum atomic E-state index is -4.10. The molecule has 1 aliphatic carbocycles. The molecular weight excluding hydrogens is 305 g/mol.